The van der Waals surface area contributed by atoms with Crippen LogP contribution in [0.2, 0.25) is 0 Å². The molecule has 2 N–H and O–H groups in total. The lowest BCUT2D eigenvalue weighted by atomic mass is 10.1. The SMILES string of the molecule is Nc1ncnn2c(Br)cc(CN3CC(F)(F)C3)c12. The zero-order valence-corrected chi connectivity index (χ0v) is 10.9. The summed E-state index contributed by atoms with van der Waals surface area (Å²) in [5, 5.41) is 4.05. The standard InChI is InChI=1S/C10H10BrF2N5/c11-7-1-6(2-17-3-10(12,13)4-17)8-9(14)15-5-16-18(7)8/h1,5H,2-4H2,(H2,14,15,16). The number of anilines is 1. The smallest absolute Gasteiger partial charge is 0.272 e. The maximum absolute atomic E-state index is 12.8. The number of hydrogen-bond donors (Lipinski definition) is 1. The first-order chi connectivity index (χ1) is 8.46. The third kappa shape index (κ3) is 1.85. The topological polar surface area (TPSA) is 59.4 Å². The quantitative estimate of drug-likeness (QED) is 0.912. The lowest BCUT2D eigenvalue weighted by Crippen LogP contribution is -2.55. The van der Waals surface area contributed by atoms with Gasteiger partial charge in [-0.2, -0.15) is 5.10 Å². The van der Waals surface area contributed by atoms with E-state index in [0.29, 0.717) is 17.9 Å². The van der Waals surface area contributed by atoms with Gasteiger partial charge in [0.2, 0.25) is 0 Å². The molecule has 1 fully saturated rings. The number of alkyl halides is 2. The van der Waals surface area contributed by atoms with Crippen LogP contribution in [0.25, 0.3) is 5.52 Å². The van der Waals surface area contributed by atoms with Crippen molar-refractivity contribution in [3.8, 4) is 0 Å². The Morgan fingerprint density at radius 2 is 2.17 bits per heavy atom. The first-order valence-electron chi connectivity index (χ1n) is 5.33. The molecule has 0 unspecified atom stereocenters. The molecular weight excluding hydrogens is 308 g/mol. The summed E-state index contributed by atoms with van der Waals surface area (Å²) in [6, 6.07) is 1.83. The van der Waals surface area contributed by atoms with Crippen LogP contribution in [-0.4, -0.2) is 38.5 Å². The van der Waals surface area contributed by atoms with Gasteiger partial charge in [0.1, 0.15) is 16.4 Å². The molecule has 3 heterocycles. The van der Waals surface area contributed by atoms with Crippen LogP contribution in [0, 0.1) is 0 Å². The van der Waals surface area contributed by atoms with E-state index in [1.54, 1.807) is 9.42 Å². The van der Waals surface area contributed by atoms with Gasteiger partial charge in [0.15, 0.2) is 5.82 Å². The van der Waals surface area contributed by atoms with Gasteiger partial charge in [0.05, 0.1) is 13.1 Å². The Balaban J connectivity index is 1.93. The first-order valence-corrected chi connectivity index (χ1v) is 6.12. The second kappa shape index (κ2) is 3.86. The number of aromatic nitrogens is 3. The number of nitrogens with two attached hydrogens (primary N) is 1. The van der Waals surface area contributed by atoms with Crippen molar-refractivity contribution in [2.45, 2.75) is 12.5 Å². The molecule has 1 aliphatic heterocycles. The Labute approximate surface area is 110 Å². The highest BCUT2D eigenvalue weighted by Crippen LogP contribution is 2.31. The lowest BCUT2D eigenvalue weighted by molar-refractivity contribution is -0.133. The van der Waals surface area contributed by atoms with Crippen LogP contribution < -0.4 is 5.73 Å². The maximum atomic E-state index is 12.8. The Bertz CT molecular complexity index is 604. The van der Waals surface area contributed by atoms with Crippen molar-refractivity contribution in [3.63, 3.8) is 0 Å². The zero-order chi connectivity index (χ0) is 12.9. The predicted octanol–water partition coefficient (Wildman–Crippen LogP) is 1.52. The van der Waals surface area contributed by atoms with E-state index < -0.39 is 5.92 Å². The molecule has 5 nitrogen and oxygen atoms in total. The van der Waals surface area contributed by atoms with E-state index >= 15 is 0 Å². The molecule has 0 radical (unpaired) electrons. The fourth-order valence-electron chi connectivity index (χ4n) is 2.18. The van der Waals surface area contributed by atoms with Crippen molar-refractivity contribution >= 4 is 27.3 Å². The molecule has 0 aliphatic carbocycles. The summed E-state index contributed by atoms with van der Waals surface area (Å²) in [5.74, 6) is -2.22. The van der Waals surface area contributed by atoms with Crippen LogP contribution in [0.15, 0.2) is 17.0 Å². The van der Waals surface area contributed by atoms with Gasteiger partial charge in [-0.05, 0) is 27.6 Å². The minimum Gasteiger partial charge on any atom is -0.382 e. The van der Waals surface area contributed by atoms with E-state index in [4.69, 9.17) is 5.73 Å². The summed E-state index contributed by atoms with van der Waals surface area (Å²) >= 11 is 3.35. The molecule has 1 saturated heterocycles. The van der Waals surface area contributed by atoms with Gasteiger partial charge in [0, 0.05) is 6.54 Å². The molecular formula is C10H10BrF2N5. The van der Waals surface area contributed by atoms with E-state index in [9.17, 15) is 8.78 Å². The highest BCUT2D eigenvalue weighted by molar-refractivity contribution is 9.10. The number of likely N-dealkylation sites (tertiary alicyclic amines) is 1. The van der Waals surface area contributed by atoms with E-state index in [1.807, 2.05) is 6.07 Å². The van der Waals surface area contributed by atoms with Crippen LogP contribution >= 0.6 is 15.9 Å². The number of halogens is 3. The molecule has 18 heavy (non-hydrogen) atoms. The molecule has 0 spiro atoms. The van der Waals surface area contributed by atoms with Crippen molar-refractivity contribution in [3.05, 3.63) is 22.6 Å². The summed E-state index contributed by atoms with van der Waals surface area (Å²) < 4.78 is 27.9. The summed E-state index contributed by atoms with van der Waals surface area (Å²) in [5.41, 5.74) is 7.31. The van der Waals surface area contributed by atoms with E-state index in [2.05, 4.69) is 26.0 Å². The van der Waals surface area contributed by atoms with Gasteiger partial charge in [-0.3, -0.25) is 4.90 Å². The van der Waals surface area contributed by atoms with Crippen molar-refractivity contribution in [1.82, 2.24) is 19.5 Å². The van der Waals surface area contributed by atoms with Crippen LogP contribution in [0.5, 0.6) is 0 Å². The largest absolute Gasteiger partial charge is 0.382 e. The Morgan fingerprint density at radius 3 is 2.83 bits per heavy atom. The molecule has 0 amide bonds. The number of fused-ring (bicyclic) bond motifs is 1. The Morgan fingerprint density at radius 1 is 1.44 bits per heavy atom. The van der Waals surface area contributed by atoms with E-state index in [0.717, 1.165) is 10.2 Å². The molecule has 0 bridgehead atoms. The van der Waals surface area contributed by atoms with Gasteiger partial charge >= 0.3 is 0 Å². The molecule has 8 heteroatoms. The monoisotopic (exact) mass is 317 g/mol. The second-order valence-electron chi connectivity index (χ2n) is 4.40. The predicted molar refractivity (Wildman–Crippen MR) is 65.3 cm³/mol. The van der Waals surface area contributed by atoms with Crippen LogP contribution in [0.4, 0.5) is 14.6 Å². The molecule has 1 aliphatic rings. The number of rotatable bonds is 2. The van der Waals surface area contributed by atoms with Crippen molar-refractivity contribution in [2.75, 3.05) is 18.8 Å². The molecule has 3 rings (SSSR count). The minimum absolute atomic E-state index is 0.213. The molecule has 0 atom stereocenters. The van der Waals surface area contributed by atoms with E-state index in [-0.39, 0.29) is 13.1 Å². The third-order valence-electron chi connectivity index (χ3n) is 2.92. The average Bonchev–Trinajstić information content (AvgIpc) is 2.55. The fraction of sp³-hybridized carbons (Fsp3) is 0.400. The van der Waals surface area contributed by atoms with Gasteiger partial charge in [-0.25, -0.2) is 18.3 Å². The number of hydrogen-bond acceptors (Lipinski definition) is 4. The highest BCUT2D eigenvalue weighted by Gasteiger charge is 2.43. The van der Waals surface area contributed by atoms with Crippen molar-refractivity contribution in [2.24, 2.45) is 0 Å². The van der Waals surface area contributed by atoms with Crippen LogP contribution in [-0.2, 0) is 6.54 Å². The highest BCUT2D eigenvalue weighted by atomic mass is 79.9. The molecule has 2 aromatic heterocycles. The van der Waals surface area contributed by atoms with Crippen molar-refractivity contribution in [1.29, 1.82) is 0 Å². The number of nitrogens with zero attached hydrogens (tertiary/aromatic N) is 4. The van der Waals surface area contributed by atoms with Gasteiger partial charge in [-0.1, -0.05) is 0 Å². The Hall–Kier alpha value is -1.28. The van der Waals surface area contributed by atoms with E-state index in [1.165, 1.54) is 6.33 Å². The number of nitrogen functional groups attached to an aromatic ring is 1. The van der Waals surface area contributed by atoms with Crippen LogP contribution in [0.3, 0.4) is 0 Å². The summed E-state index contributed by atoms with van der Waals surface area (Å²) in [6.45, 7) is -0.00658. The van der Waals surface area contributed by atoms with Gasteiger partial charge in [0.25, 0.3) is 5.92 Å². The third-order valence-corrected chi connectivity index (χ3v) is 3.49. The second-order valence-corrected chi connectivity index (χ2v) is 5.21. The fourth-order valence-corrected chi connectivity index (χ4v) is 2.73. The Kier molecular flexibility index (Phi) is 2.53. The average molecular weight is 318 g/mol. The molecule has 0 saturated carbocycles. The normalized spacial score (nSPS) is 19.1. The molecule has 96 valence electrons. The summed E-state index contributed by atoms with van der Waals surface area (Å²) in [6.07, 6.45) is 1.36. The van der Waals surface area contributed by atoms with Crippen LogP contribution in [0.1, 0.15) is 5.56 Å². The molecule has 2 aromatic rings. The van der Waals surface area contributed by atoms with Gasteiger partial charge < -0.3 is 5.73 Å². The lowest BCUT2D eigenvalue weighted by Gasteiger charge is -2.38. The summed E-state index contributed by atoms with van der Waals surface area (Å²) in [7, 11) is 0. The molecule has 0 aromatic carbocycles. The summed E-state index contributed by atoms with van der Waals surface area (Å²) in [4.78, 5) is 5.58. The van der Waals surface area contributed by atoms with Crippen molar-refractivity contribution < 1.29 is 8.78 Å². The maximum Gasteiger partial charge on any atom is 0.272 e. The van der Waals surface area contributed by atoms with Gasteiger partial charge in [-0.15, -0.1) is 0 Å². The zero-order valence-electron chi connectivity index (χ0n) is 9.28. The first kappa shape index (κ1) is 11.8. The minimum atomic E-state index is -2.56.